The number of nitrogens with two attached hydrogens (primary N) is 1. The number of hydrogen-bond acceptors (Lipinski definition) is 5. The first kappa shape index (κ1) is 18.6. The summed E-state index contributed by atoms with van der Waals surface area (Å²) in [6, 6.07) is 1.25. The minimum atomic E-state index is -0.658. The van der Waals surface area contributed by atoms with Gasteiger partial charge in [-0.15, -0.1) is 0 Å². The van der Waals surface area contributed by atoms with Gasteiger partial charge in [-0.05, 0) is 38.5 Å². The summed E-state index contributed by atoms with van der Waals surface area (Å²) in [4.78, 5) is 13.9. The third-order valence-corrected chi connectivity index (χ3v) is 5.43. The minimum Gasteiger partial charge on any atom is -0.481 e. The molecule has 0 aromatic rings. The lowest BCUT2D eigenvalue weighted by Gasteiger charge is -2.47. The highest BCUT2D eigenvalue weighted by molar-refractivity contribution is 5.70. The second kappa shape index (κ2) is 7.92. The van der Waals surface area contributed by atoms with Crippen molar-refractivity contribution in [1.82, 2.24) is 15.2 Å². The van der Waals surface area contributed by atoms with E-state index in [9.17, 15) is 9.90 Å². The molecule has 2 heterocycles. The van der Waals surface area contributed by atoms with Crippen LogP contribution in [0.15, 0.2) is 0 Å². The van der Waals surface area contributed by atoms with Crippen LogP contribution in [0.5, 0.6) is 0 Å². The van der Waals surface area contributed by atoms with Gasteiger partial charge >= 0.3 is 5.97 Å². The number of carboxylic acids is 1. The van der Waals surface area contributed by atoms with E-state index in [2.05, 4.69) is 37.9 Å². The van der Waals surface area contributed by atoms with Crippen LogP contribution in [-0.2, 0) is 4.79 Å². The first-order valence-electron chi connectivity index (χ1n) is 9.00. The Kier molecular flexibility index (Phi) is 6.42. The smallest absolute Gasteiger partial charge is 0.307 e. The van der Waals surface area contributed by atoms with Gasteiger partial charge < -0.3 is 10.4 Å². The van der Waals surface area contributed by atoms with E-state index in [-0.39, 0.29) is 5.92 Å². The molecule has 2 fully saturated rings. The molecule has 4 atom stereocenters. The van der Waals surface area contributed by atoms with Crippen LogP contribution in [0.2, 0.25) is 0 Å². The van der Waals surface area contributed by atoms with Crippen molar-refractivity contribution in [3.8, 4) is 0 Å². The number of nitrogens with zero attached hydrogens (tertiary/aromatic N) is 2. The molecule has 0 bridgehead atoms. The predicted octanol–water partition coefficient (Wildman–Crippen LogP) is 0.980. The number of hydrazine groups is 1. The van der Waals surface area contributed by atoms with Crippen molar-refractivity contribution in [2.45, 2.75) is 58.7 Å². The Labute approximate surface area is 140 Å². The summed E-state index contributed by atoms with van der Waals surface area (Å²) in [5, 5.41) is 15.1. The largest absolute Gasteiger partial charge is 0.481 e. The van der Waals surface area contributed by atoms with E-state index in [1.807, 2.05) is 5.01 Å². The molecule has 2 rings (SSSR count). The van der Waals surface area contributed by atoms with Crippen LogP contribution >= 0.6 is 0 Å². The van der Waals surface area contributed by atoms with Gasteiger partial charge in [0.1, 0.15) is 0 Å². The van der Waals surface area contributed by atoms with Gasteiger partial charge in [-0.2, -0.15) is 0 Å². The fourth-order valence-electron chi connectivity index (χ4n) is 4.21. The lowest BCUT2D eigenvalue weighted by molar-refractivity contribution is -0.145. The molecule has 0 saturated carbocycles. The quantitative estimate of drug-likeness (QED) is 0.654. The average molecular weight is 326 g/mol. The maximum absolute atomic E-state index is 11.6. The highest BCUT2D eigenvalue weighted by Crippen LogP contribution is 2.33. The van der Waals surface area contributed by atoms with Crippen LogP contribution < -0.4 is 11.2 Å². The Hall–Kier alpha value is -0.690. The van der Waals surface area contributed by atoms with Crippen molar-refractivity contribution in [1.29, 1.82) is 0 Å². The summed E-state index contributed by atoms with van der Waals surface area (Å²) >= 11 is 0. The van der Waals surface area contributed by atoms with Crippen LogP contribution in [0.25, 0.3) is 0 Å². The number of likely N-dealkylation sites (tertiary alicyclic amines) is 1. The molecule has 0 aliphatic carbocycles. The van der Waals surface area contributed by atoms with Gasteiger partial charge in [0.05, 0.1) is 5.92 Å². The first-order chi connectivity index (χ1) is 10.8. The molecule has 2 aliphatic heterocycles. The maximum Gasteiger partial charge on any atom is 0.307 e. The summed E-state index contributed by atoms with van der Waals surface area (Å²) in [7, 11) is 0. The maximum atomic E-state index is 11.6. The Bertz CT molecular complexity index is 402. The molecule has 0 amide bonds. The molecule has 0 aromatic heterocycles. The van der Waals surface area contributed by atoms with Gasteiger partial charge in [0.15, 0.2) is 0 Å². The fraction of sp³-hybridized carbons (Fsp3) is 0.941. The predicted molar refractivity (Wildman–Crippen MR) is 91.9 cm³/mol. The van der Waals surface area contributed by atoms with E-state index in [1.165, 1.54) is 0 Å². The van der Waals surface area contributed by atoms with Crippen LogP contribution in [0.4, 0.5) is 0 Å². The second-order valence-electron chi connectivity index (χ2n) is 7.95. The number of carboxylic acid groups (broad SMARTS) is 1. The molecule has 23 heavy (non-hydrogen) atoms. The average Bonchev–Trinajstić information content (AvgIpc) is 2.48. The first-order valence-corrected chi connectivity index (χ1v) is 9.00. The van der Waals surface area contributed by atoms with Crippen LogP contribution in [0.3, 0.4) is 0 Å². The normalized spacial score (nSPS) is 34.2. The number of carbonyl (C=O) groups is 1. The lowest BCUT2D eigenvalue weighted by atomic mass is 9.74. The SMILES string of the molecule is CC(C)NC1CCN(N)CC1C1CC(C(=O)O)CN(C(C)C)C1. The fourth-order valence-corrected chi connectivity index (χ4v) is 4.21. The molecule has 0 aromatic carbocycles. The highest BCUT2D eigenvalue weighted by Gasteiger charge is 2.40. The van der Waals surface area contributed by atoms with Gasteiger partial charge in [0, 0.05) is 44.3 Å². The minimum absolute atomic E-state index is 0.260. The van der Waals surface area contributed by atoms with Gasteiger partial charge in [0.2, 0.25) is 0 Å². The molecule has 6 nitrogen and oxygen atoms in total. The van der Waals surface area contributed by atoms with Crippen LogP contribution in [0, 0.1) is 17.8 Å². The monoisotopic (exact) mass is 326 g/mol. The van der Waals surface area contributed by atoms with Gasteiger partial charge in [-0.1, -0.05) is 13.8 Å². The third-order valence-electron chi connectivity index (χ3n) is 5.43. The second-order valence-corrected chi connectivity index (χ2v) is 7.95. The van der Waals surface area contributed by atoms with Crippen molar-refractivity contribution in [3.63, 3.8) is 0 Å². The zero-order valence-corrected chi connectivity index (χ0v) is 15.0. The molecular formula is C17H34N4O2. The highest BCUT2D eigenvalue weighted by atomic mass is 16.4. The summed E-state index contributed by atoms with van der Waals surface area (Å²) in [6.07, 6.45) is 1.81. The molecule has 6 heteroatoms. The lowest BCUT2D eigenvalue weighted by Crippen LogP contribution is -2.58. The molecule has 134 valence electrons. The Morgan fingerprint density at radius 3 is 2.48 bits per heavy atom. The summed E-state index contributed by atoms with van der Waals surface area (Å²) in [5.74, 6) is 5.97. The van der Waals surface area contributed by atoms with E-state index in [1.54, 1.807) is 0 Å². The van der Waals surface area contributed by atoms with E-state index < -0.39 is 5.97 Å². The number of aliphatic carboxylic acids is 1. The standard InChI is InChI=1S/C17H34N4O2/c1-11(2)19-16-5-6-21(18)10-15(16)13-7-14(17(22)23)9-20(8-13)12(3)4/h11-16,19H,5-10,18H2,1-4H3,(H,22,23). The van der Waals surface area contributed by atoms with Crippen LogP contribution in [0.1, 0.15) is 40.5 Å². The molecule has 2 saturated heterocycles. The summed E-state index contributed by atoms with van der Waals surface area (Å²) in [5.41, 5.74) is 0. The Morgan fingerprint density at radius 2 is 1.91 bits per heavy atom. The number of nitrogens with one attached hydrogen (secondary N) is 1. The van der Waals surface area contributed by atoms with Crippen molar-refractivity contribution >= 4 is 5.97 Å². The molecular weight excluding hydrogens is 292 g/mol. The molecule has 4 unspecified atom stereocenters. The van der Waals surface area contributed by atoms with E-state index >= 15 is 0 Å². The number of piperidine rings is 2. The molecule has 4 N–H and O–H groups in total. The topological polar surface area (TPSA) is 81.8 Å². The van der Waals surface area contributed by atoms with E-state index in [0.717, 1.165) is 32.5 Å². The van der Waals surface area contributed by atoms with Crippen molar-refractivity contribution < 1.29 is 9.90 Å². The van der Waals surface area contributed by atoms with Crippen molar-refractivity contribution in [3.05, 3.63) is 0 Å². The van der Waals surface area contributed by atoms with Crippen molar-refractivity contribution in [2.75, 3.05) is 26.2 Å². The molecule has 2 aliphatic rings. The zero-order chi connectivity index (χ0) is 17.1. The third kappa shape index (κ3) is 4.89. The van der Waals surface area contributed by atoms with Crippen molar-refractivity contribution in [2.24, 2.45) is 23.6 Å². The Morgan fingerprint density at radius 1 is 1.22 bits per heavy atom. The Balaban J connectivity index is 2.15. The van der Waals surface area contributed by atoms with Crippen LogP contribution in [-0.4, -0.2) is 65.3 Å². The number of hydrogen-bond donors (Lipinski definition) is 3. The summed E-state index contributed by atoms with van der Waals surface area (Å²) in [6.45, 7) is 12.1. The van der Waals surface area contributed by atoms with E-state index in [0.29, 0.717) is 36.5 Å². The van der Waals surface area contributed by atoms with Gasteiger partial charge in [-0.3, -0.25) is 15.5 Å². The van der Waals surface area contributed by atoms with E-state index in [4.69, 9.17) is 5.84 Å². The van der Waals surface area contributed by atoms with Gasteiger partial charge in [-0.25, -0.2) is 5.01 Å². The molecule has 0 spiro atoms. The molecule has 0 radical (unpaired) electrons. The van der Waals surface area contributed by atoms with Gasteiger partial charge in [0.25, 0.3) is 0 Å². The number of rotatable bonds is 5. The zero-order valence-electron chi connectivity index (χ0n) is 15.0. The summed E-state index contributed by atoms with van der Waals surface area (Å²) < 4.78 is 0.